The average Bonchev–Trinajstić information content (AvgIpc) is 3.60. The first-order chi connectivity index (χ1) is 18.2. The van der Waals surface area contributed by atoms with Crippen LogP contribution >= 0.6 is 0 Å². The summed E-state index contributed by atoms with van der Waals surface area (Å²) >= 11 is 0. The van der Waals surface area contributed by atoms with E-state index < -0.39 is 0 Å². The van der Waals surface area contributed by atoms with Gasteiger partial charge in [-0.2, -0.15) is 5.10 Å². The van der Waals surface area contributed by atoms with Crippen LogP contribution in [0.15, 0.2) is 79.1 Å². The Bertz CT molecular complexity index is 1510. The fraction of sp³-hybridized carbons (Fsp3) is 0.161. The molecule has 0 atom stereocenters. The number of rotatable bonds is 10. The van der Waals surface area contributed by atoms with Crippen molar-refractivity contribution in [3.63, 3.8) is 0 Å². The number of anilines is 1. The van der Waals surface area contributed by atoms with Crippen LogP contribution in [0.2, 0.25) is 0 Å². The van der Waals surface area contributed by atoms with E-state index in [0.717, 1.165) is 58.3 Å². The van der Waals surface area contributed by atoms with Gasteiger partial charge in [0.25, 0.3) is 0 Å². The molecule has 6 nitrogen and oxygen atoms in total. The summed E-state index contributed by atoms with van der Waals surface area (Å²) in [6.45, 7) is 6.61. The Balaban J connectivity index is 1.33. The van der Waals surface area contributed by atoms with Crippen molar-refractivity contribution < 1.29 is 4.74 Å². The molecule has 0 unspecified atom stereocenters. The SMILES string of the molecule is CCN(CC)c1ccc(/C=C/c2cc(/C=C/c3ccc4cc[nH]c4c3)[nH]n2)c(OCc2ccccn2)c1. The van der Waals surface area contributed by atoms with Crippen molar-refractivity contribution in [1.82, 2.24) is 20.2 Å². The Morgan fingerprint density at radius 2 is 1.81 bits per heavy atom. The molecule has 0 aliphatic heterocycles. The van der Waals surface area contributed by atoms with Crippen LogP contribution in [-0.4, -0.2) is 33.3 Å². The average molecular weight is 490 g/mol. The van der Waals surface area contributed by atoms with Gasteiger partial charge in [-0.1, -0.05) is 24.3 Å². The van der Waals surface area contributed by atoms with Gasteiger partial charge in [0, 0.05) is 48.3 Å². The van der Waals surface area contributed by atoms with Crippen molar-refractivity contribution >= 4 is 40.9 Å². The lowest BCUT2D eigenvalue weighted by Crippen LogP contribution is -2.21. The fourth-order valence-electron chi connectivity index (χ4n) is 4.26. The number of benzene rings is 2. The largest absolute Gasteiger partial charge is 0.487 e. The molecule has 0 radical (unpaired) electrons. The molecule has 186 valence electrons. The highest BCUT2D eigenvalue weighted by molar-refractivity contribution is 5.83. The lowest BCUT2D eigenvalue weighted by molar-refractivity contribution is 0.301. The Morgan fingerprint density at radius 1 is 0.892 bits per heavy atom. The van der Waals surface area contributed by atoms with E-state index in [1.807, 2.05) is 48.7 Å². The zero-order valence-corrected chi connectivity index (χ0v) is 21.2. The van der Waals surface area contributed by atoms with E-state index in [4.69, 9.17) is 4.74 Å². The van der Waals surface area contributed by atoms with Gasteiger partial charge in [-0.15, -0.1) is 0 Å². The standard InChI is InChI=1S/C31H31N5O/c1-3-36(4-2)29-15-12-25(31(21-29)37-22-28-7-5-6-17-32-28)11-14-27-20-26(34-35-27)13-9-23-8-10-24-16-18-33-30(24)19-23/h5-21,33H,3-4,22H2,1-2H3,(H,34,35)/b13-9+,14-11+. The summed E-state index contributed by atoms with van der Waals surface area (Å²) in [5, 5.41) is 8.76. The van der Waals surface area contributed by atoms with Crippen molar-refractivity contribution in [2.24, 2.45) is 0 Å². The predicted molar refractivity (Wildman–Crippen MR) is 153 cm³/mol. The zero-order valence-electron chi connectivity index (χ0n) is 21.2. The summed E-state index contributed by atoms with van der Waals surface area (Å²) in [7, 11) is 0. The van der Waals surface area contributed by atoms with Crippen LogP contribution < -0.4 is 9.64 Å². The van der Waals surface area contributed by atoms with Crippen LogP contribution in [0.25, 0.3) is 35.2 Å². The molecule has 2 N–H and O–H groups in total. The quantitative estimate of drug-likeness (QED) is 0.220. The second-order valence-electron chi connectivity index (χ2n) is 8.74. The lowest BCUT2D eigenvalue weighted by atomic mass is 10.1. The molecule has 2 aromatic carbocycles. The van der Waals surface area contributed by atoms with Crippen molar-refractivity contribution in [1.29, 1.82) is 0 Å². The molecule has 0 aliphatic carbocycles. The van der Waals surface area contributed by atoms with E-state index in [1.165, 1.54) is 5.39 Å². The molecule has 6 heteroatoms. The second-order valence-corrected chi connectivity index (χ2v) is 8.74. The predicted octanol–water partition coefficient (Wildman–Crippen LogP) is 7.05. The maximum Gasteiger partial charge on any atom is 0.130 e. The molecule has 3 aromatic heterocycles. The molecule has 0 saturated heterocycles. The number of fused-ring (bicyclic) bond motifs is 1. The number of hydrogen-bond acceptors (Lipinski definition) is 4. The van der Waals surface area contributed by atoms with Crippen LogP contribution in [0.3, 0.4) is 0 Å². The molecule has 0 amide bonds. The number of nitrogens with one attached hydrogen (secondary N) is 2. The first-order valence-electron chi connectivity index (χ1n) is 12.6. The van der Waals surface area contributed by atoms with Crippen molar-refractivity contribution in [2.45, 2.75) is 20.5 Å². The third kappa shape index (κ3) is 5.98. The van der Waals surface area contributed by atoms with Crippen LogP contribution in [0.1, 0.15) is 42.1 Å². The molecule has 0 spiro atoms. The number of H-pyrrole nitrogens is 2. The van der Waals surface area contributed by atoms with E-state index in [9.17, 15) is 0 Å². The highest BCUT2D eigenvalue weighted by Crippen LogP contribution is 2.28. The minimum atomic E-state index is 0.412. The molecule has 0 fully saturated rings. The maximum atomic E-state index is 6.23. The molecule has 5 rings (SSSR count). The van der Waals surface area contributed by atoms with Crippen LogP contribution in [0, 0.1) is 0 Å². The molecule has 0 bridgehead atoms. The van der Waals surface area contributed by atoms with Gasteiger partial charge >= 0.3 is 0 Å². The van der Waals surface area contributed by atoms with E-state index in [2.05, 4.69) is 87.5 Å². The molecule has 37 heavy (non-hydrogen) atoms. The van der Waals surface area contributed by atoms with Gasteiger partial charge < -0.3 is 14.6 Å². The molecule has 0 saturated carbocycles. The number of pyridine rings is 1. The first kappa shape index (κ1) is 24.1. The molecule has 0 aliphatic rings. The lowest BCUT2D eigenvalue weighted by Gasteiger charge is -2.22. The Morgan fingerprint density at radius 3 is 2.65 bits per heavy atom. The fourth-order valence-corrected chi connectivity index (χ4v) is 4.26. The second kappa shape index (κ2) is 11.4. The minimum Gasteiger partial charge on any atom is -0.487 e. The summed E-state index contributed by atoms with van der Waals surface area (Å²) in [5.41, 5.74) is 7.07. The Kier molecular flexibility index (Phi) is 7.46. The van der Waals surface area contributed by atoms with E-state index in [0.29, 0.717) is 6.61 Å². The van der Waals surface area contributed by atoms with Crippen LogP contribution in [0.4, 0.5) is 5.69 Å². The van der Waals surface area contributed by atoms with Gasteiger partial charge in [0.15, 0.2) is 0 Å². The smallest absolute Gasteiger partial charge is 0.130 e. The normalized spacial score (nSPS) is 11.6. The van der Waals surface area contributed by atoms with E-state index >= 15 is 0 Å². The van der Waals surface area contributed by atoms with Gasteiger partial charge in [-0.3, -0.25) is 10.1 Å². The van der Waals surface area contributed by atoms with Crippen LogP contribution in [-0.2, 0) is 6.61 Å². The van der Waals surface area contributed by atoms with Crippen LogP contribution in [0.5, 0.6) is 5.75 Å². The summed E-state index contributed by atoms with van der Waals surface area (Å²) < 4.78 is 6.23. The van der Waals surface area contributed by atoms with Gasteiger partial charge in [-0.25, -0.2) is 0 Å². The van der Waals surface area contributed by atoms with Gasteiger partial charge in [0.1, 0.15) is 12.4 Å². The summed E-state index contributed by atoms with van der Waals surface area (Å²) in [6.07, 6.45) is 11.9. The first-order valence-corrected chi connectivity index (χ1v) is 12.6. The number of hydrogen-bond donors (Lipinski definition) is 2. The third-order valence-electron chi connectivity index (χ3n) is 6.31. The number of aromatic amines is 2. The number of ether oxygens (including phenoxy) is 1. The summed E-state index contributed by atoms with van der Waals surface area (Å²) in [4.78, 5) is 9.95. The number of nitrogens with zero attached hydrogens (tertiary/aromatic N) is 3. The third-order valence-corrected chi connectivity index (χ3v) is 6.31. The highest BCUT2D eigenvalue weighted by Gasteiger charge is 2.09. The topological polar surface area (TPSA) is 69.8 Å². The molecule has 5 aromatic rings. The minimum absolute atomic E-state index is 0.412. The van der Waals surface area contributed by atoms with Gasteiger partial charge in [0.2, 0.25) is 0 Å². The van der Waals surface area contributed by atoms with Crippen molar-refractivity contribution in [2.75, 3.05) is 18.0 Å². The Hall–Kier alpha value is -4.58. The van der Waals surface area contributed by atoms with Gasteiger partial charge in [0.05, 0.1) is 17.1 Å². The molecule has 3 heterocycles. The van der Waals surface area contributed by atoms with Crippen molar-refractivity contribution in [3.8, 4) is 5.75 Å². The van der Waals surface area contributed by atoms with Gasteiger partial charge in [-0.05, 0) is 85.5 Å². The Labute approximate surface area is 217 Å². The van der Waals surface area contributed by atoms with Crippen molar-refractivity contribution in [3.05, 3.63) is 107 Å². The summed E-state index contributed by atoms with van der Waals surface area (Å²) in [6, 6.07) is 22.7. The highest BCUT2D eigenvalue weighted by atomic mass is 16.5. The zero-order chi connectivity index (χ0) is 25.5. The summed E-state index contributed by atoms with van der Waals surface area (Å²) in [5.74, 6) is 0.821. The van der Waals surface area contributed by atoms with E-state index in [1.54, 1.807) is 6.20 Å². The number of aromatic nitrogens is 4. The monoisotopic (exact) mass is 489 g/mol. The van der Waals surface area contributed by atoms with E-state index in [-0.39, 0.29) is 0 Å². The maximum absolute atomic E-state index is 6.23. The molecular weight excluding hydrogens is 458 g/mol. The molecular formula is C31H31N5O.